The van der Waals surface area contributed by atoms with Crippen molar-refractivity contribution in [2.75, 3.05) is 19.7 Å². The van der Waals surface area contributed by atoms with E-state index in [2.05, 4.69) is 5.32 Å². The smallest absolute Gasteiger partial charge is 0.339 e. The van der Waals surface area contributed by atoms with Gasteiger partial charge in [-0.3, -0.25) is 0 Å². The van der Waals surface area contributed by atoms with Crippen molar-refractivity contribution in [2.45, 2.75) is 12.8 Å². The molecule has 0 saturated carbocycles. The molecule has 2 rings (SSSR count). The average molecular weight is 251 g/mol. The maximum Gasteiger partial charge on any atom is 0.339 e. The van der Waals surface area contributed by atoms with Crippen LogP contribution in [0, 0.1) is 5.92 Å². The second-order valence-electron chi connectivity index (χ2n) is 4.49. The lowest BCUT2D eigenvalue weighted by atomic mass is 9.99. The van der Waals surface area contributed by atoms with E-state index in [1.54, 1.807) is 6.07 Å². The van der Waals surface area contributed by atoms with E-state index >= 15 is 0 Å². The maximum atomic E-state index is 10.7. The molecule has 1 aromatic carbocycles. The molecule has 1 saturated heterocycles. The highest BCUT2D eigenvalue weighted by atomic mass is 16.5. The maximum absolute atomic E-state index is 10.7. The van der Waals surface area contributed by atoms with Gasteiger partial charge < -0.3 is 20.3 Å². The zero-order valence-electron chi connectivity index (χ0n) is 10.1. The summed E-state index contributed by atoms with van der Waals surface area (Å²) in [5.41, 5.74) is -0.107. The minimum absolute atomic E-state index is 0.107. The second kappa shape index (κ2) is 5.73. The normalized spacial score (nSPS) is 16.4. The molecule has 0 bridgehead atoms. The first-order chi connectivity index (χ1) is 8.66. The van der Waals surface area contributed by atoms with Crippen LogP contribution >= 0.6 is 0 Å². The van der Waals surface area contributed by atoms with E-state index in [-0.39, 0.29) is 11.3 Å². The molecule has 5 heteroatoms. The summed E-state index contributed by atoms with van der Waals surface area (Å²) in [5, 5.41) is 21.6. The van der Waals surface area contributed by atoms with Crippen LogP contribution in [0.4, 0.5) is 0 Å². The van der Waals surface area contributed by atoms with E-state index in [9.17, 15) is 9.90 Å². The Bertz CT molecular complexity index is 427. The molecule has 0 atom stereocenters. The van der Waals surface area contributed by atoms with Crippen molar-refractivity contribution < 1.29 is 19.7 Å². The number of hydrogen-bond acceptors (Lipinski definition) is 4. The van der Waals surface area contributed by atoms with Crippen LogP contribution in [0.5, 0.6) is 11.5 Å². The van der Waals surface area contributed by atoms with Crippen LogP contribution in [-0.4, -0.2) is 35.9 Å². The number of nitrogens with one attached hydrogen (secondary N) is 1. The van der Waals surface area contributed by atoms with Crippen LogP contribution in [0.3, 0.4) is 0 Å². The first-order valence-electron chi connectivity index (χ1n) is 6.06. The molecule has 0 aliphatic carbocycles. The molecule has 1 heterocycles. The Balaban J connectivity index is 1.93. The highest BCUT2D eigenvalue weighted by Gasteiger charge is 2.14. The van der Waals surface area contributed by atoms with Gasteiger partial charge in [0.05, 0.1) is 6.61 Å². The van der Waals surface area contributed by atoms with Gasteiger partial charge in [-0.2, -0.15) is 0 Å². The van der Waals surface area contributed by atoms with Gasteiger partial charge in [-0.15, -0.1) is 0 Å². The Kier molecular flexibility index (Phi) is 4.04. The van der Waals surface area contributed by atoms with Gasteiger partial charge in [0.1, 0.15) is 17.1 Å². The molecule has 3 N–H and O–H groups in total. The molecule has 1 aliphatic heterocycles. The van der Waals surface area contributed by atoms with Crippen molar-refractivity contribution in [3.63, 3.8) is 0 Å². The summed E-state index contributed by atoms with van der Waals surface area (Å²) in [4.78, 5) is 10.7. The van der Waals surface area contributed by atoms with Gasteiger partial charge in [0, 0.05) is 6.07 Å². The van der Waals surface area contributed by atoms with Crippen molar-refractivity contribution in [1.29, 1.82) is 0 Å². The number of carboxylic acid groups (broad SMARTS) is 1. The van der Waals surface area contributed by atoms with E-state index < -0.39 is 5.97 Å². The monoisotopic (exact) mass is 251 g/mol. The Labute approximate surface area is 105 Å². The third-order valence-electron chi connectivity index (χ3n) is 3.14. The van der Waals surface area contributed by atoms with E-state index in [0.717, 1.165) is 25.9 Å². The number of carbonyl (C=O) groups is 1. The summed E-state index contributed by atoms with van der Waals surface area (Å²) in [7, 11) is 0. The van der Waals surface area contributed by atoms with Gasteiger partial charge in [0.2, 0.25) is 0 Å². The number of carboxylic acids is 1. The third-order valence-corrected chi connectivity index (χ3v) is 3.14. The molecule has 98 valence electrons. The number of ether oxygens (including phenoxy) is 1. The molecule has 0 radical (unpaired) electrons. The van der Waals surface area contributed by atoms with Crippen LogP contribution in [-0.2, 0) is 0 Å². The predicted octanol–water partition coefficient (Wildman–Crippen LogP) is 1.47. The Morgan fingerprint density at radius 1 is 1.39 bits per heavy atom. The van der Waals surface area contributed by atoms with Crippen molar-refractivity contribution in [3.8, 4) is 11.5 Å². The lowest BCUT2D eigenvalue weighted by Gasteiger charge is -2.22. The van der Waals surface area contributed by atoms with Crippen molar-refractivity contribution >= 4 is 5.97 Å². The number of aromatic hydroxyl groups is 1. The fraction of sp³-hybridized carbons (Fsp3) is 0.462. The Morgan fingerprint density at radius 3 is 2.72 bits per heavy atom. The van der Waals surface area contributed by atoms with Gasteiger partial charge in [-0.1, -0.05) is 0 Å². The average Bonchev–Trinajstić information content (AvgIpc) is 2.37. The Morgan fingerprint density at radius 2 is 2.11 bits per heavy atom. The Hall–Kier alpha value is -1.75. The molecule has 5 nitrogen and oxygen atoms in total. The van der Waals surface area contributed by atoms with Gasteiger partial charge in [0.15, 0.2) is 0 Å². The van der Waals surface area contributed by atoms with Crippen molar-refractivity contribution in [2.24, 2.45) is 5.92 Å². The number of phenols is 1. The molecular formula is C13H17NO4. The summed E-state index contributed by atoms with van der Waals surface area (Å²) in [6, 6.07) is 4.28. The van der Waals surface area contributed by atoms with Crippen molar-refractivity contribution in [1.82, 2.24) is 5.32 Å². The SMILES string of the molecule is O=C(O)c1ccc(OCC2CCNCC2)cc1O. The quantitative estimate of drug-likeness (QED) is 0.755. The largest absolute Gasteiger partial charge is 0.507 e. The first-order valence-corrected chi connectivity index (χ1v) is 6.06. The molecule has 0 amide bonds. The van der Waals surface area contributed by atoms with Crippen molar-refractivity contribution in [3.05, 3.63) is 23.8 Å². The third kappa shape index (κ3) is 3.13. The first kappa shape index (κ1) is 12.7. The van der Waals surface area contributed by atoms with Gasteiger partial charge in [-0.25, -0.2) is 4.79 Å². The van der Waals surface area contributed by atoms with Crippen LogP contribution in [0.25, 0.3) is 0 Å². The number of rotatable bonds is 4. The van der Waals surface area contributed by atoms with Gasteiger partial charge in [-0.05, 0) is 44.0 Å². The highest BCUT2D eigenvalue weighted by molar-refractivity contribution is 5.90. The molecule has 18 heavy (non-hydrogen) atoms. The number of piperidine rings is 1. The molecule has 1 aromatic rings. The zero-order chi connectivity index (χ0) is 13.0. The van der Waals surface area contributed by atoms with E-state index in [1.165, 1.54) is 12.1 Å². The summed E-state index contributed by atoms with van der Waals surface area (Å²) in [6.45, 7) is 2.63. The van der Waals surface area contributed by atoms with Crippen LogP contribution in [0.2, 0.25) is 0 Å². The molecule has 0 aromatic heterocycles. The second-order valence-corrected chi connectivity index (χ2v) is 4.49. The lowest BCUT2D eigenvalue weighted by molar-refractivity contribution is 0.0693. The topological polar surface area (TPSA) is 78.8 Å². The molecule has 1 aliphatic rings. The standard InChI is InChI=1S/C13H17NO4/c15-12-7-10(1-2-11(12)13(16)17)18-8-9-3-5-14-6-4-9/h1-2,7,9,14-15H,3-6,8H2,(H,16,17). The number of benzene rings is 1. The van der Waals surface area contributed by atoms with Crippen LogP contribution in [0.15, 0.2) is 18.2 Å². The molecule has 0 unspecified atom stereocenters. The fourth-order valence-electron chi connectivity index (χ4n) is 2.04. The highest BCUT2D eigenvalue weighted by Crippen LogP contribution is 2.24. The van der Waals surface area contributed by atoms with Crippen LogP contribution in [0.1, 0.15) is 23.2 Å². The minimum atomic E-state index is -1.14. The summed E-state index contributed by atoms with van der Waals surface area (Å²) >= 11 is 0. The number of hydrogen-bond donors (Lipinski definition) is 3. The molecule has 0 spiro atoms. The van der Waals surface area contributed by atoms with Gasteiger partial charge in [0.25, 0.3) is 0 Å². The molecule has 1 fully saturated rings. The zero-order valence-corrected chi connectivity index (χ0v) is 10.1. The van der Waals surface area contributed by atoms with E-state index in [0.29, 0.717) is 18.3 Å². The number of aromatic carboxylic acids is 1. The summed E-state index contributed by atoms with van der Waals surface area (Å²) in [6.07, 6.45) is 2.17. The minimum Gasteiger partial charge on any atom is -0.507 e. The van der Waals surface area contributed by atoms with Gasteiger partial charge >= 0.3 is 5.97 Å². The van der Waals surface area contributed by atoms with E-state index in [4.69, 9.17) is 9.84 Å². The molecular weight excluding hydrogens is 234 g/mol. The summed E-state index contributed by atoms with van der Waals surface area (Å²) in [5.74, 6) is -0.369. The lowest BCUT2D eigenvalue weighted by Crippen LogP contribution is -2.30. The van der Waals surface area contributed by atoms with Crippen LogP contribution < -0.4 is 10.1 Å². The van der Waals surface area contributed by atoms with E-state index in [1.807, 2.05) is 0 Å². The fourth-order valence-corrected chi connectivity index (χ4v) is 2.04. The predicted molar refractivity (Wildman–Crippen MR) is 66.2 cm³/mol. The summed E-state index contributed by atoms with van der Waals surface area (Å²) < 4.78 is 5.58.